The van der Waals surface area contributed by atoms with E-state index in [2.05, 4.69) is 4.74 Å². The van der Waals surface area contributed by atoms with Crippen LogP contribution in [0.3, 0.4) is 0 Å². The summed E-state index contributed by atoms with van der Waals surface area (Å²) >= 11 is 0. The quantitative estimate of drug-likeness (QED) is 0.521. The van der Waals surface area contributed by atoms with Crippen LogP contribution in [-0.2, 0) is 9.53 Å². The summed E-state index contributed by atoms with van der Waals surface area (Å²) in [7, 11) is 0. The van der Waals surface area contributed by atoms with E-state index in [9.17, 15) is 4.79 Å². The highest BCUT2D eigenvalue weighted by Gasteiger charge is 2.10. The minimum absolute atomic E-state index is 0.275. The standard InChI is InChI=1S/C7H8O4/c8-4-5(9)3-6-1-2-7(10)11-6/h1-3,5,8-9H,4H2/b6-3-/t5-/m0/s1. The topological polar surface area (TPSA) is 66.8 Å². The van der Waals surface area contributed by atoms with Gasteiger partial charge in [0.25, 0.3) is 0 Å². The Hall–Kier alpha value is -1.13. The number of allylic oxidation sites excluding steroid dienone is 1. The number of aliphatic hydroxyl groups excluding tert-OH is 2. The van der Waals surface area contributed by atoms with E-state index in [1.165, 1.54) is 18.2 Å². The van der Waals surface area contributed by atoms with Crippen LogP contribution in [0.4, 0.5) is 0 Å². The summed E-state index contributed by atoms with van der Waals surface area (Å²) in [5.41, 5.74) is 0. The van der Waals surface area contributed by atoms with Crippen LogP contribution in [0.1, 0.15) is 0 Å². The number of esters is 1. The molecule has 4 heteroatoms. The van der Waals surface area contributed by atoms with Crippen molar-refractivity contribution >= 4 is 5.97 Å². The van der Waals surface area contributed by atoms with Crippen molar-refractivity contribution in [2.24, 2.45) is 0 Å². The third-order valence-corrected chi connectivity index (χ3v) is 1.15. The number of hydrogen-bond acceptors (Lipinski definition) is 4. The molecular formula is C7H8O4. The second kappa shape index (κ2) is 3.32. The molecule has 0 radical (unpaired) electrons. The van der Waals surface area contributed by atoms with Crippen LogP contribution < -0.4 is 0 Å². The fourth-order valence-corrected chi connectivity index (χ4v) is 0.666. The largest absolute Gasteiger partial charge is 0.424 e. The van der Waals surface area contributed by atoms with Gasteiger partial charge in [-0.25, -0.2) is 4.79 Å². The zero-order chi connectivity index (χ0) is 8.27. The van der Waals surface area contributed by atoms with Crippen LogP contribution in [0.25, 0.3) is 0 Å². The Labute approximate surface area is 63.4 Å². The first-order valence-electron chi connectivity index (χ1n) is 3.13. The average Bonchev–Trinajstić information content (AvgIpc) is 2.35. The second-order valence-electron chi connectivity index (χ2n) is 2.07. The first-order valence-corrected chi connectivity index (χ1v) is 3.13. The fraction of sp³-hybridized carbons (Fsp3) is 0.286. The first-order chi connectivity index (χ1) is 5.22. The summed E-state index contributed by atoms with van der Waals surface area (Å²) in [6.07, 6.45) is 2.97. The molecule has 2 N–H and O–H groups in total. The lowest BCUT2D eigenvalue weighted by Crippen LogP contribution is -2.08. The van der Waals surface area contributed by atoms with Crippen LogP contribution in [0, 0.1) is 0 Å². The molecule has 1 aliphatic rings. The van der Waals surface area contributed by atoms with Gasteiger partial charge in [0.1, 0.15) is 5.76 Å². The Bertz CT molecular complexity index is 216. The Morgan fingerprint density at radius 2 is 2.36 bits per heavy atom. The van der Waals surface area contributed by atoms with Gasteiger partial charge >= 0.3 is 5.97 Å². The first kappa shape index (κ1) is 7.97. The Balaban J connectivity index is 2.56. The van der Waals surface area contributed by atoms with E-state index in [1.807, 2.05) is 0 Å². The van der Waals surface area contributed by atoms with Crippen molar-refractivity contribution < 1.29 is 19.7 Å². The lowest BCUT2D eigenvalue weighted by Gasteiger charge is -2.00. The molecule has 0 saturated carbocycles. The van der Waals surface area contributed by atoms with Crippen LogP contribution in [0.2, 0.25) is 0 Å². The zero-order valence-electron chi connectivity index (χ0n) is 5.73. The fourth-order valence-electron chi connectivity index (χ4n) is 0.666. The smallest absolute Gasteiger partial charge is 0.336 e. The molecule has 0 bridgehead atoms. The number of aliphatic hydroxyl groups is 2. The number of carbonyl (C=O) groups is 1. The van der Waals surface area contributed by atoms with Gasteiger partial charge in [-0.2, -0.15) is 0 Å². The molecule has 0 amide bonds. The van der Waals surface area contributed by atoms with Gasteiger partial charge in [-0.1, -0.05) is 0 Å². The molecule has 0 fully saturated rings. The molecule has 0 aliphatic carbocycles. The SMILES string of the molecule is O=C1C=C/C(=C/[C@H](O)CO)O1. The predicted molar refractivity (Wildman–Crippen MR) is 36.4 cm³/mol. The Morgan fingerprint density at radius 1 is 1.64 bits per heavy atom. The number of cyclic esters (lactones) is 1. The molecule has 60 valence electrons. The van der Waals surface area contributed by atoms with E-state index in [0.717, 1.165) is 0 Å². The zero-order valence-corrected chi connectivity index (χ0v) is 5.73. The monoisotopic (exact) mass is 156 g/mol. The molecule has 0 aromatic heterocycles. The summed E-state index contributed by atoms with van der Waals surface area (Å²) in [6.45, 7) is -0.380. The van der Waals surface area contributed by atoms with Crippen molar-refractivity contribution in [2.75, 3.05) is 6.61 Å². The number of rotatable bonds is 2. The molecule has 0 aromatic rings. The molecular weight excluding hydrogens is 148 g/mol. The van der Waals surface area contributed by atoms with E-state index in [0.29, 0.717) is 0 Å². The molecule has 0 aromatic carbocycles. The summed E-state index contributed by atoms with van der Waals surface area (Å²) in [4.78, 5) is 10.4. The molecule has 1 heterocycles. The molecule has 4 nitrogen and oxygen atoms in total. The average molecular weight is 156 g/mol. The van der Waals surface area contributed by atoms with Crippen LogP contribution in [-0.4, -0.2) is 28.9 Å². The van der Waals surface area contributed by atoms with Crippen molar-refractivity contribution in [3.05, 3.63) is 24.0 Å². The van der Waals surface area contributed by atoms with Gasteiger partial charge in [-0.3, -0.25) is 0 Å². The number of hydrogen-bond donors (Lipinski definition) is 2. The number of ether oxygens (including phenoxy) is 1. The van der Waals surface area contributed by atoms with Gasteiger partial charge in [0.15, 0.2) is 0 Å². The highest BCUT2D eigenvalue weighted by molar-refractivity contribution is 5.86. The molecule has 11 heavy (non-hydrogen) atoms. The molecule has 0 saturated heterocycles. The van der Waals surface area contributed by atoms with Gasteiger partial charge < -0.3 is 14.9 Å². The van der Waals surface area contributed by atoms with Crippen LogP contribution >= 0.6 is 0 Å². The summed E-state index contributed by atoms with van der Waals surface area (Å²) in [5.74, 6) is -0.182. The van der Waals surface area contributed by atoms with Crippen LogP contribution in [0.5, 0.6) is 0 Å². The summed E-state index contributed by atoms with van der Waals surface area (Å²) in [5, 5.41) is 17.3. The van der Waals surface area contributed by atoms with E-state index in [1.54, 1.807) is 0 Å². The molecule has 0 spiro atoms. The molecule has 0 unspecified atom stereocenters. The van der Waals surface area contributed by atoms with Crippen molar-refractivity contribution in [3.8, 4) is 0 Å². The van der Waals surface area contributed by atoms with E-state index < -0.39 is 12.1 Å². The van der Waals surface area contributed by atoms with Gasteiger partial charge in [0.05, 0.1) is 12.7 Å². The van der Waals surface area contributed by atoms with Crippen molar-refractivity contribution in [1.82, 2.24) is 0 Å². The van der Waals surface area contributed by atoms with Crippen molar-refractivity contribution in [1.29, 1.82) is 0 Å². The summed E-state index contributed by atoms with van der Waals surface area (Å²) < 4.78 is 4.57. The van der Waals surface area contributed by atoms with E-state index in [-0.39, 0.29) is 12.4 Å². The predicted octanol–water partition coefficient (Wildman–Crippen LogP) is -0.664. The minimum Gasteiger partial charge on any atom is -0.424 e. The normalized spacial score (nSPS) is 22.4. The Kier molecular flexibility index (Phi) is 2.40. The van der Waals surface area contributed by atoms with Crippen molar-refractivity contribution in [2.45, 2.75) is 6.10 Å². The maximum absolute atomic E-state index is 10.4. The van der Waals surface area contributed by atoms with Gasteiger partial charge in [0, 0.05) is 6.08 Å². The maximum atomic E-state index is 10.4. The van der Waals surface area contributed by atoms with Gasteiger partial charge in [0.2, 0.25) is 0 Å². The third kappa shape index (κ3) is 2.18. The van der Waals surface area contributed by atoms with Crippen LogP contribution in [0.15, 0.2) is 24.0 Å². The summed E-state index contributed by atoms with van der Waals surface area (Å²) in [6, 6.07) is 0. The van der Waals surface area contributed by atoms with E-state index in [4.69, 9.17) is 10.2 Å². The van der Waals surface area contributed by atoms with Gasteiger partial charge in [-0.15, -0.1) is 0 Å². The molecule has 1 rings (SSSR count). The second-order valence-corrected chi connectivity index (χ2v) is 2.07. The number of carbonyl (C=O) groups excluding carboxylic acids is 1. The van der Waals surface area contributed by atoms with Gasteiger partial charge in [-0.05, 0) is 12.2 Å². The highest BCUT2D eigenvalue weighted by Crippen LogP contribution is 2.09. The lowest BCUT2D eigenvalue weighted by atomic mass is 10.3. The van der Waals surface area contributed by atoms with E-state index >= 15 is 0 Å². The molecule has 1 atom stereocenters. The Morgan fingerprint density at radius 3 is 2.82 bits per heavy atom. The molecule has 1 aliphatic heterocycles. The lowest BCUT2D eigenvalue weighted by molar-refractivity contribution is -0.132. The highest BCUT2D eigenvalue weighted by atomic mass is 16.5. The maximum Gasteiger partial charge on any atom is 0.336 e. The third-order valence-electron chi connectivity index (χ3n) is 1.15. The minimum atomic E-state index is -0.972. The van der Waals surface area contributed by atoms with Crippen molar-refractivity contribution in [3.63, 3.8) is 0 Å².